The Morgan fingerprint density at radius 2 is 2.47 bits per heavy atom. The molecule has 0 bridgehead atoms. The van der Waals surface area contributed by atoms with Crippen LogP contribution in [0.4, 0.5) is 0 Å². The summed E-state index contributed by atoms with van der Waals surface area (Å²) in [5, 5.41) is 2.02. The Morgan fingerprint density at radius 3 is 3.00 bits per heavy atom. The summed E-state index contributed by atoms with van der Waals surface area (Å²) in [6.45, 7) is 2.77. The largest absolute Gasteiger partial charge is 0.465 e. The van der Waals surface area contributed by atoms with Crippen LogP contribution in [-0.4, -0.2) is 19.1 Å². The molecular formula is C11H17NO2S. The van der Waals surface area contributed by atoms with Crippen molar-refractivity contribution in [3.63, 3.8) is 0 Å². The molecule has 1 rings (SSSR count). The van der Waals surface area contributed by atoms with E-state index in [1.807, 2.05) is 24.4 Å². The van der Waals surface area contributed by atoms with Gasteiger partial charge in [0.1, 0.15) is 0 Å². The predicted octanol–water partition coefficient (Wildman–Crippen LogP) is 1.82. The Labute approximate surface area is 94.2 Å². The SMILES string of the molecule is CCC(CN)C(=O)OCCc1cccs1. The van der Waals surface area contributed by atoms with Gasteiger partial charge in [-0.25, -0.2) is 0 Å². The van der Waals surface area contributed by atoms with E-state index in [1.165, 1.54) is 4.88 Å². The van der Waals surface area contributed by atoms with Crippen LogP contribution in [0.25, 0.3) is 0 Å². The Balaban J connectivity index is 2.22. The Morgan fingerprint density at radius 1 is 1.67 bits per heavy atom. The van der Waals surface area contributed by atoms with E-state index >= 15 is 0 Å². The van der Waals surface area contributed by atoms with Crippen molar-refractivity contribution in [2.45, 2.75) is 19.8 Å². The fraction of sp³-hybridized carbons (Fsp3) is 0.545. The van der Waals surface area contributed by atoms with Crippen LogP contribution in [0.2, 0.25) is 0 Å². The summed E-state index contributed by atoms with van der Waals surface area (Å²) in [5.41, 5.74) is 5.45. The molecule has 1 aromatic heterocycles. The van der Waals surface area contributed by atoms with Crippen molar-refractivity contribution in [2.75, 3.05) is 13.2 Å². The lowest BCUT2D eigenvalue weighted by atomic mass is 10.1. The molecule has 0 saturated carbocycles. The molecule has 0 amide bonds. The highest BCUT2D eigenvalue weighted by Gasteiger charge is 2.15. The molecule has 0 radical (unpaired) electrons. The van der Waals surface area contributed by atoms with Gasteiger partial charge in [0, 0.05) is 17.8 Å². The van der Waals surface area contributed by atoms with E-state index in [4.69, 9.17) is 10.5 Å². The normalized spacial score (nSPS) is 12.4. The molecule has 2 N–H and O–H groups in total. The monoisotopic (exact) mass is 227 g/mol. The molecule has 1 heterocycles. The molecule has 1 aromatic rings. The molecule has 1 atom stereocenters. The van der Waals surface area contributed by atoms with Gasteiger partial charge in [0.15, 0.2) is 0 Å². The van der Waals surface area contributed by atoms with Crippen molar-refractivity contribution in [2.24, 2.45) is 11.7 Å². The van der Waals surface area contributed by atoms with Crippen LogP contribution in [-0.2, 0) is 16.0 Å². The number of carbonyl (C=O) groups excluding carboxylic acids is 1. The number of ether oxygens (including phenoxy) is 1. The summed E-state index contributed by atoms with van der Waals surface area (Å²) < 4.78 is 5.15. The zero-order valence-corrected chi connectivity index (χ0v) is 9.76. The lowest BCUT2D eigenvalue weighted by molar-refractivity contribution is -0.148. The summed E-state index contributed by atoms with van der Waals surface area (Å²) in [7, 11) is 0. The van der Waals surface area contributed by atoms with E-state index in [1.54, 1.807) is 11.3 Å². The number of thiophene rings is 1. The standard InChI is InChI=1S/C11H17NO2S/c1-2-9(8-12)11(13)14-6-5-10-4-3-7-15-10/h3-4,7,9H,2,5-6,8,12H2,1H3. The van der Waals surface area contributed by atoms with Crippen LogP contribution < -0.4 is 5.73 Å². The fourth-order valence-electron chi connectivity index (χ4n) is 1.25. The summed E-state index contributed by atoms with van der Waals surface area (Å²) in [6.07, 6.45) is 1.54. The van der Waals surface area contributed by atoms with Gasteiger partial charge in [-0.2, -0.15) is 0 Å². The van der Waals surface area contributed by atoms with Crippen LogP contribution in [0.15, 0.2) is 17.5 Å². The first kappa shape index (κ1) is 12.2. The number of carbonyl (C=O) groups is 1. The van der Waals surface area contributed by atoms with Crippen molar-refractivity contribution >= 4 is 17.3 Å². The van der Waals surface area contributed by atoms with Crippen molar-refractivity contribution in [1.82, 2.24) is 0 Å². The van der Waals surface area contributed by atoms with Crippen molar-refractivity contribution in [3.8, 4) is 0 Å². The minimum Gasteiger partial charge on any atom is -0.465 e. The van der Waals surface area contributed by atoms with E-state index in [0.29, 0.717) is 13.2 Å². The third kappa shape index (κ3) is 4.01. The minimum atomic E-state index is -0.170. The number of rotatable bonds is 6. The van der Waals surface area contributed by atoms with Crippen molar-refractivity contribution < 1.29 is 9.53 Å². The van der Waals surface area contributed by atoms with Gasteiger partial charge in [-0.1, -0.05) is 13.0 Å². The van der Waals surface area contributed by atoms with Gasteiger partial charge in [-0.15, -0.1) is 11.3 Å². The van der Waals surface area contributed by atoms with Crippen LogP contribution in [0.1, 0.15) is 18.2 Å². The average molecular weight is 227 g/mol. The zero-order chi connectivity index (χ0) is 11.1. The van der Waals surface area contributed by atoms with Gasteiger partial charge < -0.3 is 10.5 Å². The third-order valence-electron chi connectivity index (χ3n) is 2.28. The fourth-order valence-corrected chi connectivity index (χ4v) is 1.94. The van der Waals surface area contributed by atoms with Gasteiger partial charge >= 0.3 is 5.97 Å². The molecule has 0 saturated heterocycles. The van der Waals surface area contributed by atoms with Crippen LogP contribution in [0.5, 0.6) is 0 Å². The van der Waals surface area contributed by atoms with Crippen LogP contribution in [0.3, 0.4) is 0 Å². The lowest BCUT2D eigenvalue weighted by Crippen LogP contribution is -2.25. The highest BCUT2D eigenvalue weighted by atomic mass is 32.1. The molecule has 0 spiro atoms. The van der Waals surface area contributed by atoms with Crippen LogP contribution >= 0.6 is 11.3 Å². The van der Waals surface area contributed by atoms with Gasteiger partial charge in [-0.05, 0) is 17.9 Å². The molecule has 0 aliphatic rings. The molecule has 0 aliphatic heterocycles. The second-order valence-electron chi connectivity index (χ2n) is 3.34. The molecule has 0 aromatic carbocycles. The minimum absolute atomic E-state index is 0.145. The first-order valence-electron chi connectivity index (χ1n) is 5.17. The first-order chi connectivity index (χ1) is 7.27. The van der Waals surface area contributed by atoms with Gasteiger partial charge in [-0.3, -0.25) is 4.79 Å². The molecule has 84 valence electrons. The molecule has 15 heavy (non-hydrogen) atoms. The smallest absolute Gasteiger partial charge is 0.310 e. The molecule has 0 aliphatic carbocycles. The Kier molecular flexibility index (Phi) is 5.36. The van der Waals surface area contributed by atoms with Crippen molar-refractivity contribution in [1.29, 1.82) is 0 Å². The maximum Gasteiger partial charge on any atom is 0.310 e. The maximum atomic E-state index is 11.4. The molecule has 0 fully saturated rings. The van der Waals surface area contributed by atoms with Gasteiger partial charge in [0.25, 0.3) is 0 Å². The summed E-state index contributed by atoms with van der Waals surface area (Å²) in [6, 6.07) is 4.04. The number of hydrogen-bond acceptors (Lipinski definition) is 4. The summed E-state index contributed by atoms with van der Waals surface area (Å²) in [5.74, 6) is -0.315. The molecule has 1 unspecified atom stereocenters. The molecular weight excluding hydrogens is 210 g/mol. The van der Waals surface area contributed by atoms with Gasteiger partial charge in [0.05, 0.1) is 12.5 Å². The topological polar surface area (TPSA) is 52.3 Å². The highest BCUT2D eigenvalue weighted by Crippen LogP contribution is 2.10. The van der Waals surface area contributed by atoms with E-state index in [0.717, 1.165) is 12.8 Å². The second kappa shape index (κ2) is 6.58. The summed E-state index contributed by atoms with van der Waals surface area (Å²) >= 11 is 1.68. The van der Waals surface area contributed by atoms with Gasteiger partial charge in [0.2, 0.25) is 0 Å². The van der Waals surface area contributed by atoms with E-state index in [-0.39, 0.29) is 11.9 Å². The van der Waals surface area contributed by atoms with Crippen molar-refractivity contribution in [3.05, 3.63) is 22.4 Å². The zero-order valence-electron chi connectivity index (χ0n) is 8.94. The number of esters is 1. The van der Waals surface area contributed by atoms with E-state index < -0.39 is 0 Å². The Hall–Kier alpha value is -0.870. The predicted molar refractivity (Wildman–Crippen MR) is 61.8 cm³/mol. The maximum absolute atomic E-state index is 11.4. The quantitative estimate of drug-likeness (QED) is 0.754. The highest BCUT2D eigenvalue weighted by molar-refractivity contribution is 7.09. The summed E-state index contributed by atoms with van der Waals surface area (Å²) in [4.78, 5) is 12.7. The first-order valence-corrected chi connectivity index (χ1v) is 6.05. The lowest BCUT2D eigenvalue weighted by Gasteiger charge is -2.11. The number of hydrogen-bond donors (Lipinski definition) is 1. The van der Waals surface area contributed by atoms with E-state index in [9.17, 15) is 4.79 Å². The average Bonchev–Trinajstić information content (AvgIpc) is 2.72. The van der Waals surface area contributed by atoms with E-state index in [2.05, 4.69) is 0 Å². The molecule has 3 nitrogen and oxygen atoms in total. The Bertz CT molecular complexity index is 281. The van der Waals surface area contributed by atoms with Crippen LogP contribution in [0, 0.1) is 5.92 Å². The number of nitrogens with two attached hydrogens (primary N) is 1. The second-order valence-corrected chi connectivity index (χ2v) is 4.37. The molecule has 4 heteroatoms. The third-order valence-corrected chi connectivity index (χ3v) is 3.22.